The van der Waals surface area contributed by atoms with Crippen LogP contribution in [0.25, 0.3) is 10.9 Å². The number of aryl methyl sites for hydroxylation is 1. The maximum Gasteiger partial charge on any atom is 0.280 e. The molecule has 1 aromatic carbocycles. The monoisotopic (exact) mass is 583 g/mol. The number of nitrogens with one attached hydrogen (secondary N) is 2. The number of aromatic nitrogens is 2. The third-order valence-electron chi connectivity index (χ3n) is 7.70. The average molecular weight is 584 g/mol. The molecule has 1 fully saturated rings. The zero-order valence-electron chi connectivity index (χ0n) is 24.3. The van der Waals surface area contributed by atoms with E-state index in [1.165, 1.54) is 24.0 Å². The first kappa shape index (κ1) is 30.6. The Morgan fingerprint density at radius 1 is 1.24 bits per heavy atom. The summed E-state index contributed by atoms with van der Waals surface area (Å²) in [6.45, 7) is 9.90. The van der Waals surface area contributed by atoms with Gasteiger partial charge >= 0.3 is 0 Å². The van der Waals surface area contributed by atoms with Gasteiger partial charge in [0.25, 0.3) is 11.8 Å². The SMILES string of the molecule is COCC(=O)N1CCC[C@H](NC(=O)c2nc3c(s2)CN(C(C)(C)CN)CC3)C1.Cc1ccc2[nH]c(C(N)=O)cc2c1. The molecule has 2 aliphatic rings. The molecule has 222 valence electrons. The highest BCUT2D eigenvalue weighted by Crippen LogP contribution is 2.29. The van der Waals surface area contributed by atoms with Crippen LogP contribution in [0.5, 0.6) is 0 Å². The van der Waals surface area contributed by atoms with Gasteiger partial charge in [0.05, 0.1) is 5.69 Å². The van der Waals surface area contributed by atoms with Crippen molar-refractivity contribution >= 4 is 40.0 Å². The van der Waals surface area contributed by atoms with Crippen molar-refractivity contribution in [2.75, 3.05) is 39.9 Å². The first-order valence-corrected chi connectivity index (χ1v) is 14.7. The topological polar surface area (TPSA) is 160 Å². The summed E-state index contributed by atoms with van der Waals surface area (Å²) in [6, 6.07) is 7.67. The standard InChI is InChI=1S/C19H31N5O3S.C10H10N2O/c1-19(2,12-20)24-8-6-14-15(10-24)28-18(22-14)17(26)21-13-5-4-7-23(9-13)16(25)11-27-3;1-6-2-3-8-7(4-6)5-9(12-8)10(11)13/h13H,4-12,20H2,1-3H3,(H,21,26);2-5,12H,1H3,(H2,11,13)/t13-;/m0./s1. The van der Waals surface area contributed by atoms with Crippen LogP contribution in [0, 0.1) is 6.92 Å². The molecule has 1 saturated heterocycles. The van der Waals surface area contributed by atoms with E-state index in [1.807, 2.05) is 25.1 Å². The maximum atomic E-state index is 12.7. The molecule has 41 heavy (non-hydrogen) atoms. The predicted octanol–water partition coefficient (Wildman–Crippen LogP) is 2.18. The third-order valence-corrected chi connectivity index (χ3v) is 8.78. The van der Waals surface area contributed by atoms with E-state index in [0.717, 1.165) is 53.8 Å². The fourth-order valence-corrected chi connectivity index (χ4v) is 6.13. The number of carbonyl (C=O) groups is 3. The van der Waals surface area contributed by atoms with Crippen LogP contribution in [-0.4, -0.2) is 89.0 Å². The van der Waals surface area contributed by atoms with Crippen LogP contribution in [0.1, 0.15) is 63.1 Å². The fraction of sp³-hybridized carbons (Fsp3) is 0.517. The summed E-state index contributed by atoms with van der Waals surface area (Å²) in [7, 11) is 1.52. The normalized spacial score (nSPS) is 17.5. The molecule has 12 heteroatoms. The molecule has 5 rings (SSSR count). The molecule has 6 N–H and O–H groups in total. The van der Waals surface area contributed by atoms with Gasteiger partial charge < -0.3 is 31.4 Å². The van der Waals surface area contributed by atoms with E-state index in [1.54, 1.807) is 11.0 Å². The number of carbonyl (C=O) groups excluding carboxylic acids is 3. The largest absolute Gasteiger partial charge is 0.375 e. The van der Waals surface area contributed by atoms with Gasteiger partial charge in [0, 0.05) is 73.6 Å². The number of hydrogen-bond donors (Lipinski definition) is 4. The van der Waals surface area contributed by atoms with Crippen molar-refractivity contribution in [1.82, 2.24) is 25.1 Å². The van der Waals surface area contributed by atoms with E-state index in [4.69, 9.17) is 16.2 Å². The number of amides is 3. The Hall–Kier alpha value is -3.32. The van der Waals surface area contributed by atoms with Gasteiger partial charge in [-0.05, 0) is 51.8 Å². The summed E-state index contributed by atoms with van der Waals surface area (Å²) in [5, 5.41) is 4.60. The summed E-state index contributed by atoms with van der Waals surface area (Å²) in [6.07, 6.45) is 2.58. The van der Waals surface area contributed by atoms with Gasteiger partial charge in [-0.1, -0.05) is 11.6 Å². The number of nitrogens with zero attached hydrogens (tertiary/aromatic N) is 3. The van der Waals surface area contributed by atoms with Crippen LogP contribution in [0.4, 0.5) is 0 Å². The van der Waals surface area contributed by atoms with Crippen molar-refractivity contribution in [1.29, 1.82) is 0 Å². The minimum absolute atomic E-state index is 0.0335. The lowest BCUT2D eigenvalue weighted by atomic mass is 10.00. The van der Waals surface area contributed by atoms with Gasteiger partial charge in [0.2, 0.25) is 5.91 Å². The Balaban J connectivity index is 0.000000247. The molecular weight excluding hydrogens is 542 g/mol. The average Bonchev–Trinajstić information content (AvgIpc) is 3.57. The van der Waals surface area contributed by atoms with Crippen molar-refractivity contribution in [3.8, 4) is 0 Å². The molecule has 3 amide bonds. The molecule has 0 spiro atoms. The van der Waals surface area contributed by atoms with Crippen LogP contribution in [-0.2, 0) is 22.5 Å². The van der Waals surface area contributed by atoms with Gasteiger partial charge in [-0.2, -0.15) is 0 Å². The summed E-state index contributed by atoms with van der Waals surface area (Å²) in [5.41, 5.74) is 14.6. The molecule has 4 heterocycles. The molecule has 11 nitrogen and oxygen atoms in total. The van der Waals surface area contributed by atoms with E-state index >= 15 is 0 Å². The Labute approximate surface area is 244 Å². The molecule has 3 aromatic rings. The lowest BCUT2D eigenvalue weighted by molar-refractivity contribution is -0.136. The highest BCUT2D eigenvalue weighted by Gasteiger charge is 2.32. The number of hydrogen-bond acceptors (Lipinski definition) is 8. The number of ether oxygens (including phenoxy) is 1. The number of methoxy groups -OCH3 is 1. The second kappa shape index (κ2) is 13.1. The summed E-state index contributed by atoms with van der Waals surface area (Å²) < 4.78 is 4.93. The van der Waals surface area contributed by atoms with Crippen molar-refractivity contribution in [3.05, 3.63) is 51.1 Å². The van der Waals surface area contributed by atoms with Gasteiger partial charge in [-0.25, -0.2) is 4.98 Å². The highest BCUT2D eigenvalue weighted by molar-refractivity contribution is 7.13. The number of piperidine rings is 1. The number of primary amides is 1. The van der Waals surface area contributed by atoms with Crippen LogP contribution in [0.15, 0.2) is 24.3 Å². The molecule has 2 aromatic heterocycles. The molecule has 1 atom stereocenters. The molecule has 0 unspecified atom stereocenters. The molecule has 0 aliphatic carbocycles. The van der Waals surface area contributed by atoms with Crippen LogP contribution in [0.2, 0.25) is 0 Å². The molecule has 2 aliphatic heterocycles. The Bertz CT molecular complexity index is 1400. The van der Waals surface area contributed by atoms with E-state index < -0.39 is 5.91 Å². The summed E-state index contributed by atoms with van der Waals surface area (Å²) >= 11 is 1.47. The van der Waals surface area contributed by atoms with Gasteiger partial charge in [-0.15, -0.1) is 11.3 Å². The number of nitrogens with two attached hydrogens (primary N) is 2. The number of likely N-dealkylation sites (tertiary alicyclic amines) is 1. The van der Waals surface area contributed by atoms with Crippen molar-refractivity contribution in [2.45, 2.75) is 58.2 Å². The first-order valence-electron chi connectivity index (χ1n) is 13.9. The number of fused-ring (bicyclic) bond motifs is 2. The van der Waals surface area contributed by atoms with Crippen LogP contribution >= 0.6 is 11.3 Å². The van der Waals surface area contributed by atoms with Gasteiger partial charge in [-0.3, -0.25) is 19.3 Å². The number of thiazole rings is 1. The van der Waals surface area contributed by atoms with Crippen molar-refractivity contribution < 1.29 is 19.1 Å². The lowest BCUT2D eigenvalue weighted by Gasteiger charge is -2.39. The zero-order valence-corrected chi connectivity index (χ0v) is 25.1. The fourth-order valence-electron chi connectivity index (χ4n) is 5.11. The van der Waals surface area contributed by atoms with Crippen molar-refractivity contribution in [2.24, 2.45) is 11.5 Å². The number of benzene rings is 1. The summed E-state index contributed by atoms with van der Waals surface area (Å²) in [4.78, 5) is 48.4. The minimum atomic E-state index is -0.422. The minimum Gasteiger partial charge on any atom is -0.375 e. The Morgan fingerprint density at radius 2 is 2.02 bits per heavy atom. The Morgan fingerprint density at radius 3 is 2.73 bits per heavy atom. The highest BCUT2D eigenvalue weighted by atomic mass is 32.1. The van der Waals surface area contributed by atoms with Crippen LogP contribution < -0.4 is 16.8 Å². The van der Waals surface area contributed by atoms with Gasteiger partial charge in [0.15, 0.2) is 5.01 Å². The van der Waals surface area contributed by atoms with Crippen molar-refractivity contribution in [3.63, 3.8) is 0 Å². The number of rotatable bonds is 7. The first-order chi connectivity index (χ1) is 19.5. The number of aromatic amines is 1. The second-order valence-corrected chi connectivity index (χ2v) is 12.4. The number of H-pyrrole nitrogens is 1. The summed E-state index contributed by atoms with van der Waals surface area (Å²) in [5.74, 6) is -0.599. The molecule has 0 saturated carbocycles. The van der Waals surface area contributed by atoms with Gasteiger partial charge in [0.1, 0.15) is 12.3 Å². The zero-order chi connectivity index (χ0) is 29.7. The van der Waals surface area contributed by atoms with Crippen LogP contribution in [0.3, 0.4) is 0 Å². The maximum absolute atomic E-state index is 12.7. The quantitative estimate of drug-likeness (QED) is 0.332. The predicted molar refractivity (Wildman–Crippen MR) is 160 cm³/mol. The second-order valence-electron chi connectivity index (χ2n) is 11.3. The van der Waals surface area contributed by atoms with E-state index in [9.17, 15) is 14.4 Å². The Kier molecular flexibility index (Phi) is 9.80. The van der Waals surface area contributed by atoms with E-state index in [2.05, 4.69) is 34.0 Å². The molecule has 0 bridgehead atoms. The molecular formula is C29H41N7O4S. The van der Waals surface area contributed by atoms with E-state index in [-0.39, 0.29) is 30.0 Å². The lowest BCUT2D eigenvalue weighted by Crippen LogP contribution is -2.50. The van der Waals surface area contributed by atoms with E-state index in [0.29, 0.717) is 30.3 Å². The smallest absolute Gasteiger partial charge is 0.280 e. The molecule has 0 radical (unpaired) electrons. The third kappa shape index (κ3) is 7.50.